The molecular weight excluding hydrogens is 198 g/mol. The molecule has 0 aliphatic carbocycles. The molecule has 0 aliphatic rings. The fraction of sp³-hybridized carbons (Fsp3) is 0.571. The van der Waals surface area contributed by atoms with E-state index >= 15 is 0 Å². The Hall–Kier alpha value is -0.860. The van der Waals surface area contributed by atoms with Crippen LogP contribution in [0.5, 0.6) is 0 Å². The Balaban J connectivity index is 2.34. The third-order valence-electron chi connectivity index (χ3n) is 2.85. The van der Waals surface area contributed by atoms with Gasteiger partial charge in [0.2, 0.25) is 0 Å². The Bertz CT molecular complexity index is 295. The summed E-state index contributed by atoms with van der Waals surface area (Å²) in [6, 6.07) is 10.5. The van der Waals surface area contributed by atoms with E-state index in [1.165, 1.54) is 5.56 Å². The summed E-state index contributed by atoms with van der Waals surface area (Å²) in [5.74, 6) is 0.510. The monoisotopic (exact) mass is 221 g/mol. The van der Waals surface area contributed by atoms with Gasteiger partial charge in [0.15, 0.2) is 0 Å². The summed E-state index contributed by atoms with van der Waals surface area (Å²) in [4.78, 5) is 0. The first-order valence-corrected chi connectivity index (χ1v) is 5.92. The normalized spacial score (nSPS) is 13.8. The van der Waals surface area contributed by atoms with Gasteiger partial charge in [0, 0.05) is 25.1 Å². The fourth-order valence-electron chi connectivity index (χ4n) is 1.58. The van der Waals surface area contributed by atoms with E-state index in [2.05, 4.69) is 50.4 Å². The van der Waals surface area contributed by atoms with Gasteiger partial charge in [-0.1, -0.05) is 51.1 Å². The van der Waals surface area contributed by atoms with Crippen LogP contribution in [0.15, 0.2) is 30.3 Å². The fourth-order valence-corrected chi connectivity index (χ4v) is 1.58. The first kappa shape index (κ1) is 13.2. The summed E-state index contributed by atoms with van der Waals surface area (Å²) >= 11 is 0. The highest BCUT2D eigenvalue weighted by Gasteiger charge is 2.16. The van der Waals surface area contributed by atoms with Crippen LogP contribution in [0.3, 0.4) is 0 Å². The maximum atomic E-state index is 9.14. The molecule has 0 aromatic heterocycles. The van der Waals surface area contributed by atoms with Gasteiger partial charge in [0.1, 0.15) is 0 Å². The van der Waals surface area contributed by atoms with E-state index < -0.39 is 0 Å². The minimum absolute atomic E-state index is 0.0313. The molecule has 0 bridgehead atoms. The number of aliphatic hydroxyl groups excluding tert-OH is 1. The summed E-state index contributed by atoms with van der Waals surface area (Å²) in [6.45, 7) is 8.36. The summed E-state index contributed by atoms with van der Waals surface area (Å²) in [5.41, 5.74) is 1.33. The Labute approximate surface area is 98.7 Å². The van der Waals surface area contributed by atoms with Crippen molar-refractivity contribution in [2.24, 2.45) is 5.41 Å². The van der Waals surface area contributed by atoms with E-state index in [0.717, 1.165) is 13.1 Å². The van der Waals surface area contributed by atoms with Crippen molar-refractivity contribution in [1.82, 2.24) is 5.32 Å². The lowest BCUT2D eigenvalue weighted by Crippen LogP contribution is -2.34. The van der Waals surface area contributed by atoms with Gasteiger partial charge in [-0.15, -0.1) is 0 Å². The summed E-state index contributed by atoms with van der Waals surface area (Å²) < 4.78 is 0. The third-order valence-corrected chi connectivity index (χ3v) is 2.85. The van der Waals surface area contributed by atoms with Gasteiger partial charge in [-0.2, -0.15) is 0 Å². The maximum Gasteiger partial charge on any atom is 0.0494 e. The van der Waals surface area contributed by atoms with E-state index in [9.17, 15) is 0 Å². The molecule has 1 rings (SSSR count). The quantitative estimate of drug-likeness (QED) is 0.773. The van der Waals surface area contributed by atoms with Crippen molar-refractivity contribution in [1.29, 1.82) is 0 Å². The molecule has 1 atom stereocenters. The molecule has 2 N–H and O–H groups in total. The minimum atomic E-state index is -0.0313. The zero-order valence-corrected chi connectivity index (χ0v) is 10.5. The smallest absolute Gasteiger partial charge is 0.0494 e. The summed E-state index contributed by atoms with van der Waals surface area (Å²) in [5, 5.41) is 12.6. The highest BCUT2D eigenvalue weighted by molar-refractivity contribution is 5.18. The molecule has 0 amide bonds. The largest absolute Gasteiger partial charge is 0.396 e. The first-order chi connectivity index (χ1) is 7.55. The average Bonchev–Trinajstić information content (AvgIpc) is 2.30. The Morgan fingerprint density at radius 2 is 1.88 bits per heavy atom. The van der Waals surface area contributed by atoms with E-state index in [0.29, 0.717) is 5.92 Å². The van der Waals surface area contributed by atoms with Crippen LogP contribution in [0.1, 0.15) is 32.3 Å². The van der Waals surface area contributed by atoms with E-state index in [4.69, 9.17) is 5.11 Å². The summed E-state index contributed by atoms with van der Waals surface area (Å²) in [7, 11) is 0. The van der Waals surface area contributed by atoms with Crippen LogP contribution in [0.25, 0.3) is 0 Å². The second kappa shape index (κ2) is 6.02. The lowest BCUT2D eigenvalue weighted by Gasteiger charge is -2.23. The number of nitrogens with one attached hydrogen (secondary N) is 1. The van der Waals surface area contributed by atoms with Crippen molar-refractivity contribution in [3.05, 3.63) is 35.9 Å². The van der Waals surface area contributed by atoms with E-state index in [1.807, 2.05) is 6.07 Å². The number of benzene rings is 1. The first-order valence-electron chi connectivity index (χ1n) is 5.92. The molecule has 0 fully saturated rings. The molecule has 1 aromatic carbocycles. The standard InChI is InChI=1S/C14H23NO/c1-12(13-7-5-4-6-8-13)9-15-10-14(2,3)11-16/h4-8,12,15-16H,9-11H2,1-3H3. The van der Waals surface area contributed by atoms with Crippen molar-refractivity contribution < 1.29 is 5.11 Å². The number of aliphatic hydroxyl groups is 1. The third kappa shape index (κ3) is 4.33. The Morgan fingerprint density at radius 3 is 2.44 bits per heavy atom. The maximum absolute atomic E-state index is 9.14. The van der Waals surface area contributed by atoms with Crippen LogP contribution in [0.2, 0.25) is 0 Å². The van der Waals surface area contributed by atoms with Gasteiger partial charge < -0.3 is 10.4 Å². The van der Waals surface area contributed by atoms with Crippen LogP contribution in [-0.2, 0) is 0 Å². The predicted molar refractivity (Wildman–Crippen MR) is 68.6 cm³/mol. The van der Waals surface area contributed by atoms with E-state index in [-0.39, 0.29) is 12.0 Å². The van der Waals surface area contributed by atoms with Gasteiger partial charge in [-0.05, 0) is 11.5 Å². The van der Waals surface area contributed by atoms with Crippen LogP contribution < -0.4 is 5.32 Å². The number of hydrogen-bond acceptors (Lipinski definition) is 2. The predicted octanol–water partition coefficient (Wildman–Crippen LogP) is 2.40. The highest BCUT2D eigenvalue weighted by atomic mass is 16.3. The molecule has 1 aromatic rings. The molecule has 2 nitrogen and oxygen atoms in total. The summed E-state index contributed by atoms with van der Waals surface area (Å²) in [6.07, 6.45) is 0. The zero-order chi connectivity index (χ0) is 12.0. The molecular formula is C14H23NO. The van der Waals surface area contributed by atoms with Crippen molar-refractivity contribution in [2.45, 2.75) is 26.7 Å². The Kier molecular flexibility index (Phi) is 4.97. The molecule has 2 heteroatoms. The minimum Gasteiger partial charge on any atom is -0.396 e. The number of hydrogen-bond donors (Lipinski definition) is 2. The molecule has 90 valence electrons. The van der Waals surface area contributed by atoms with Gasteiger partial charge >= 0.3 is 0 Å². The van der Waals surface area contributed by atoms with Crippen molar-refractivity contribution in [3.63, 3.8) is 0 Å². The molecule has 0 saturated carbocycles. The molecule has 1 unspecified atom stereocenters. The zero-order valence-electron chi connectivity index (χ0n) is 10.5. The lowest BCUT2D eigenvalue weighted by molar-refractivity contribution is 0.157. The van der Waals surface area contributed by atoms with Crippen LogP contribution in [-0.4, -0.2) is 24.8 Å². The lowest BCUT2D eigenvalue weighted by atomic mass is 9.94. The van der Waals surface area contributed by atoms with E-state index in [1.54, 1.807) is 0 Å². The second-order valence-electron chi connectivity index (χ2n) is 5.26. The topological polar surface area (TPSA) is 32.3 Å². The number of rotatable bonds is 6. The molecule has 0 heterocycles. The molecule has 0 saturated heterocycles. The van der Waals surface area contributed by atoms with Gasteiger partial charge in [0.25, 0.3) is 0 Å². The van der Waals surface area contributed by atoms with Crippen LogP contribution in [0, 0.1) is 5.41 Å². The van der Waals surface area contributed by atoms with Gasteiger partial charge in [0.05, 0.1) is 0 Å². The van der Waals surface area contributed by atoms with Gasteiger partial charge in [-0.25, -0.2) is 0 Å². The Morgan fingerprint density at radius 1 is 1.25 bits per heavy atom. The molecule has 16 heavy (non-hydrogen) atoms. The second-order valence-corrected chi connectivity index (χ2v) is 5.26. The molecule has 0 radical (unpaired) electrons. The van der Waals surface area contributed by atoms with Crippen molar-refractivity contribution >= 4 is 0 Å². The van der Waals surface area contributed by atoms with Crippen molar-refractivity contribution in [3.8, 4) is 0 Å². The molecule has 0 spiro atoms. The van der Waals surface area contributed by atoms with Gasteiger partial charge in [-0.3, -0.25) is 0 Å². The van der Waals surface area contributed by atoms with Crippen LogP contribution >= 0.6 is 0 Å². The molecule has 0 aliphatic heterocycles. The average molecular weight is 221 g/mol. The SMILES string of the molecule is CC(CNCC(C)(C)CO)c1ccccc1. The van der Waals surface area contributed by atoms with Crippen LogP contribution in [0.4, 0.5) is 0 Å². The van der Waals surface area contributed by atoms with Crippen molar-refractivity contribution in [2.75, 3.05) is 19.7 Å². The highest BCUT2D eigenvalue weighted by Crippen LogP contribution is 2.15.